The molecule has 0 aromatic rings. The van der Waals surface area contributed by atoms with Crippen LogP contribution in [0.25, 0.3) is 0 Å². The van der Waals surface area contributed by atoms with Crippen molar-refractivity contribution in [3.63, 3.8) is 0 Å². The molecule has 1 amide bonds. The minimum atomic E-state index is -0.241. The molecule has 0 radical (unpaired) electrons. The second-order valence-corrected chi connectivity index (χ2v) is 2.83. The van der Waals surface area contributed by atoms with Crippen molar-refractivity contribution >= 4 is 5.91 Å². The largest absolute Gasteiger partial charge is 0.359 e. The standard InChI is InChI=1S/C6H13NO.C2H6.C2H2/c1-6(2,3)5(8)7-4;2*1-2/h1-4H3,(H,7,8);1-2H3;1-2H. The molecular formula is C10H21NO. The first-order valence-electron chi connectivity index (χ1n) is 4.04. The topological polar surface area (TPSA) is 29.1 Å². The zero-order valence-corrected chi connectivity index (χ0v) is 9.06. The first-order chi connectivity index (χ1) is 5.48. The van der Waals surface area contributed by atoms with Gasteiger partial charge in [0.1, 0.15) is 0 Å². The van der Waals surface area contributed by atoms with Crippen LogP contribution in [0.3, 0.4) is 0 Å². The van der Waals surface area contributed by atoms with Crippen LogP contribution in [0.15, 0.2) is 0 Å². The molecule has 0 saturated heterocycles. The highest BCUT2D eigenvalue weighted by Gasteiger charge is 2.18. The Morgan fingerprint density at radius 3 is 1.42 bits per heavy atom. The van der Waals surface area contributed by atoms with E-state index >= 15 is 0 Å². The fourth-order valence-electron chi connectivity index (χ4n) is 0.375. The maximum absolute atomic E-state index is 10.7. The SMILES string of the molecule is C#C.CC.CNC(=O)C(C)(C)C. The van der Waals surface area contributed by atoms with E-state index in [2.05, 4.69) is 18.2 Å². The van der Waals surface area contributed by atoms with Gasteiger partial charge < -0.3 is 5.32 Å². The molecule has 2 nitrogen and oxygen atoms in total. The number of carbonyl (C=O) groups excluding carboxylic acids is 1. The van der Waals surface area contributed by atoms with Crippen LogP contribution < -0.4 is 5.32 Å². The van der Waals surface area contributed by atoms with Crippen molar-refractivity contribution < 1.29 is 4.79 Å². The van der Waals surface area contributed by atoms with Gasteiger partial charge in [-0.05, 0) is 0 Å². The number of hydrogen-bond donors (Lipinski definition) is 1. The molecule has 0 aromatic carbocycles. The highest BCUT2D eigenvalue weighted by molar-refractivity contribution is 5.80. The van der Waals surface area contributed by atoms with Gasteiger partial charge in [0.15, 0.2) is 0 Å². The molecule has 0 aromatic heterocycles. The van der Waals surface area contributed by atoms with Crippen molar-refractivity contribution in [2.45, 2.75) is 34.6 Å². The van der Waals surface area contributed by atoms with Gasteiger partial charge in [0.2, 0.25) is 5.91 Å². The summed E-state index contributed by atoms with van der Waals surface area (Å²) in [4.78, 5) is 10.7. The van der Waals surface area contributed by atoms with Crippen molar-refractivity contribution in [3.05, 3.63) is 0 Å². The maximum Gasteiger partial charge on any atom is 0.225 e. The van der Waals surface area contributed by atoms with E-state index in [0.717, 1.165) is 0 Å². The Morgan fingerprint density at radius 1 is 1.17 bits per heavy atom. The van der Waals surface area contributed by atoms with Crippen molar-refractivity contribution in [1.82, 2.24) is 5.32 Å². The van der Waals surface area contributed by atoms with E-state index in [9.17, 15) is 4.79 Å². The molecule has 12 heavy (non-hydrogen) atoms. The molecule has 0 heterocycles. The normalized spacial score (nSPS) is 8.00. The van der Waals surface area contributed by atoms with Gasteiger partial charge in [-0.25, -0.2) is 0 Å². The van der Waals surface area contributed by atoms with Crippen molar-refractivity contribution in [1.29, 1.82) is 0 Å². The van der Waals surface area contributed by atoms with Crippen LogP contribution in [-0.2, 0) is 4.79 Å². The summed E-state index contributed by atoms with van der Waals surface area (Å²) in [6.07, 6.45) is 8.00. The Labute approximate surface area is 76.7 Å². The molecule has 0 unspecified atom stereocenters. The summed E-state index contributed by atoms with van der Waals surface area (Å²) in [6.45, 7) is 9.64. The molecule has 1 N–H and O–H groups in total. The predicted octanol–water partition coefficient (Wildman–Crippen LogP) is 2.05. The lowest BCUT2D eigenvalue weighted by Gasteiger charge is -2.14. The monoisotopic (exact) mass is 171 g/mol. The quantitative estimate of drug-likeness (QED) is 0.555. The molecular weight excluding hydrogens is 150 g/mol. The smallest absolute Gasteiger partial charge is 0.225 e. The first kappa shape index (κ1) is 17.2. The second kappa shape index (κ2) is 10.0. The highest BCUT2D eigenvalue weighted by atomic mass is 16.2. The number of hydrogen-bond acceptors (Lipinski definition) is 1. The van der Waals surface area contributed by atoms with Gasteiger partial charge in [-0.1, -0.05) is 34.6 Å². The summed E-state index contributed by atoms with van der Waals surface area (Å²) in [5.41, 5.74) is -0.241. The van der Waals surface area contributed by atoms with Crippen molar-refractivity contribution in [2.24, 2.45) is 5.41 Å². The molecule has 72 valence electrons. The third-order valence-corrected chi connectivity index (χ3v) is 0.908. The van der Waals surface area contributed by atoms with Gasteiger partial charge >= 0.3 is 0 Å². The van der Waals surface area contributed by atoms with Crippen LogP contribution in [0, 0.1) is 18.3 Å². The molecule has 0 rings (SSSR count). The van der Waals surface area contributed by atoms with Gasteiger partial charge in [-0.2, -0.15) is 0 Å². The number of nitrogens with one attached hydrogen (secondary N) is 1. The second-order valence-electron chi connectivity index (χ2n) is 2.83. The Bertz CT molecular complexity index is 120. The molecule has 0 aliphatic rings. The van der Waals surface area contributed by atoms with E-state index in [1.165, 1.54) is 0 Å². The summed E-state index contributed by atoms with van der Waals surface area (Å²) in [5, 5.41) is 2.57. The minimum absolute atomic E-state index is 0.0810. The Balaban J connectivity index is -0.000000175. The molecule has 0 aliphatic carbocycles. The van der Waals surface area contributed by atoms with E-state index in [-0.39, 0.29) is 11.3 Å². The van der Waals surface area contributed by atoms with Crippen LogP contribution in [-0.4, -0.2) is 13.0 Å². The molecule has 0 atom stereocenters. The Morgan fingerprint density at radius 2 is 1.42 bits per heavy atom. The van der Waals surface area contributed by atoms with Gasteiger partial charge in [-0.15, -0.1) is 12.8 Å². The Hall–Kier alpha value is -0.970. The van der Waals surface area contributed by atoms with E-state index in [1.807, 2.05) is 34.6 Å². The minimum Gasteiger partial charge on any atom is -0.359 e. The van der Waals surface area contributed by atoms with E-state index in [1.54, 1.807) is 7.05 Å². The van der Waals surface area contributed by atoms with Crippen LogP contribution in [0.5, 0.6) is 0 Å². The molecule has 0 spiro atoms. The van der Waals surface area contributed by atoms with Crippen LogP contribution in [0.2, 0.25) is 0 Å². The molecule has 0 saturated carbocycles. The lowest BCUT2D eigenvalue weighted by molar-refractivity contribution is -0.127. The molecule has 0 bridgehead atoms. The fraction of sp³-hybridized carbons (Fsp3) is 0.700. The molecule has 0 aliphatic heterocycles. The predicted molar refractivity (Wildman–Crippen MR) is 54.8 cm³/mol. The summed E-state index contributed by atoms with van der Waals surface area (Å²) < 4.78 is 0. The zero-order valence-electron chi connectivity index (χ0n) is 9.06. The van der Waals surface area contributed by atoms with Gasteiger partial charge in [-0.3, -0.25) is 4.79 Å². The van der Waals surface area contributed by atoms with Crippen LogP contribution >= 0.6 is 0 Å². The van der Waals surface area contributed by atoms with Crippen LogP contribution in [0.1, 0.15) is 34.6 Å². The Kier molecular flexibility index (Phi) is 14.4. The zero-order chi connectivity index (χ0) is 10.8. The summed E-state index contributed by atoms with van der Waals surface area (Å²) in [6, 6.07) is 0. The lowest BCUT2D eigenvalue weighted by atomic mass is 9.96. The number of rotatable bonds is 0. The van der Waals surface area contributed by atoms with E-state index in [4.69, 9.17) is 0 Å². The van der Waals surface area contributed by atoms with E-state index in [0.29, 0.717) is 0 Å². The highest BCUT2D eigenvalue weighted by Crippen LogP contribution is 2.11. The maximum atomic E-state index is 10.7. The number of terminal acetylenes is 1. The summed E-state index contributed by atoms with van der Waals surface area (Å²) in [5.74, 6) is 0.0810. The average molecular weight is 171 g/mol. The summed E-state index contributed by atoms with van der Waals surface area (Å²) in [7, 11) is 1.65. The third-order valence-electron chi connectivity index (χ3n) is 0.908. The number of carbonyl (C=O) groups is 1. The summed E-state index contributed by atoms with van der Waals surface area (Å²) >= 11 is 0. The van der Waals surface area contributed by atoms with Crippen molar-refractivity contribution in [3.8, 4) is 12.8 Å². The van der Waals surface area contributed by atoms with Gasteiger partial charge in [0, 0.05) is 12.5 Å². The lowest BCUT2D eigenvalue weighted by Crippen LogP contribution is -2.31. The third kappa shape index (κ3) is 11.8. The molecule has 2 heteroatoms. The fourth-order valence-corrected chi connectivity index (χ4v) is 0.375. The van der Waals surface area contributed by atoms with E-state index < -0.39 is 0 Å². The van der Waals surface area contributed by atoms with Crippen molar-refractivity contribution in [2.75, 3.05) is 7.05 Å². The van der Waals surface area contributed by atoms with Gasteiger partial charge in [0.05, 0.1) is 0 Å². The first-order valence-corrected chi connectivity index (χ1v) is 4.04. The average Bonchev–Trinajstić information content (AvgIpc) is 2.08. The number of amides is 1. The van der Waals surface area contributed by atoms with Gasteiger partial charge in [0.25, 0.3) is 0 Å². The van der Waals surface area contributed by atoms with Crippen LogP contribution in [0.4, 0.5) is 0 Å². The molecule has 0 fully saturated rings.